The second kappa shape index (κ2) is 10.8. The fourth-order valence-electron chi connectivity index (χ4n) is 6.25. The van der Waals surface area contributed by atoms with Crippen LogP contribution in [0.15, 0.2) is 71.7 Å². The second-order valence-electron chi connectivity index (χ2n) is 11.3. The van der Waals surface area contributed by atoms with Gasteiger partial charge in [0.15, 0.2) is 0 Å². The number of likely N-dealkylation sites (tertiary alicyclic amines) is 1. The summed E-state index contributed by atoms with van der Waals surface area (Å²) in [6.07, 6.45) is 4.02. The molecule has 7 rings (SSSR count). The van der Waals surface area contributed by atoms with Crippen molar-refractivity contribution in [2.24, 2.45) is 0 Å². The van der Waals surface area contributed by atoms with Gasteiger partial charge in [-0.2, -0.15) is 0 Å². The molecule has 9 nitrogen and oxygen atoms in total. The second-order valence-corrected chi connectivity index (χ2v) is 12.0. The number of rotatable bonds is 8. The van der Waals surface area contributed by atoms with Crippen LogP contribution >= 0.6 is 11.3 Å². The lowest BCUT2D eigenvalue weighted by molar-refractivity contribution is -0.120. The molecule has 1 aliphatic carbocycles. The Labute approximate surface area is 247 Å². The van der Waals surface area contributed by atoms with E-state index in [1.54, 1.807) is 22.0 Å². The number of nitrogens with one attached hydrogen (secondary N) is 2. The number of carbonyl (C=O) groups excluding carboxylic acids is 3. The van der Waals surface area contributed by atoms with E-state index in [4.69, 9.17) is 0 Å². The standard InChI is InChI=1S/C32H30N6O3S/c39-28(35-25-9-8-21-14-32(15-24(21)13-25)26-7-3-10-33-29(26)36-31(32)41)18-38(30(40)27-19-42-20-34-27)17-23-6-2-1-5-22(23)16-37-11-4-12-37/h1-3,5-10,13,19-20H,4,11-12,14-18H2,(H,35,39)(H,33,36,41). The number of thiazole rings is 1. The van der Waals surface area contributed by atoms with E-state index < -0.39 is 5.41 Å². The summed E-state index contributed by atoms with van der Waals surface area (Å²) in [6.45, 7) is 3.18. The SMILES string of the molecule is O=C(CN(Cc1ccccc1CN1CCC1)C(=O)c1cscn1)Nc1ccc2c(c1)CC1(C2)C(=O)Nc2ncccc21. The summed E-state index contributed by atoms with van der Waals surface area (Å²) in [7, 11) is 0. The Kier molecular flexibility index (Phi) is 6.79. The third-order valence-electron chi connectivity index (χ3n) is 8.56. The van der Waals surface area contributed by atoms with Gasteiger partial charge in [0.2, 0.25) is 11.8 Å². The number of anilines is 2. The third kappa shape index (κ3) is 4.86. The minimum absolute atomic E-state index is 0.0384. The molecule has 0 radical (unpaired) electrons. The molecule has 4 heterocycles. The molecule has 42 heavy (non-hydrogen) atoms. The van der Waals surface area contributed by atoms with E-state index >= 15 is 0 Å². The van der Waals surface area contributed by atoms with Gasteiger partial charge >= 0.3 is 0 Å². The molecule has 1 unspecified atom stereocenters. The molecule has 2 aromatic heterocycles. The molecule has 4 aromatic rings. The molecule has 10 heteroatoms. The van der Waals surface area contributed by atoms with E-state index in [1.165, 1.54) is 17.8 Å². The zero-order chi connectivity index (χ0) is 28.7. The van der Waals surface area contributed by atoms with Crippen molar-refractivity contribution < 1.29 is 14.4 Å². The Balaban J connectivity index is 1.08. The number of pyridine rings is 1. The zero-order valence-electron chi connectivity index (χ0n) is 23.0. The molecule has 0 bridgehead atoms. The van der Waals surface area contributed by atoms with Crippen molar-refractivity contribution in [3.63, 3.8) is 0 Å². The number of amides is 3. The first-order chi connectivity index (χ1) is 20.5. The van der Waals surface area contributed by atoms with Crippen molar-refractivity contribution in [1.82, 2.24) is 19.8 Å². The summed E-state index contributed by atoms with van der Waals surface area (Å²) in [6, 6.07) is 17.7. The molecular formula is C32H30N6O3S. The fraction of sp³-hybridized carbons (Fsp3) is 0.281. The quantitative estimate of drug-likeness (QED) is 0.327. The number of carbonyl (C=O) groups is 3. The number of hydrogen-bond acceptors (Lipinski definition) is 7. The maximum atomic E-state index is 13.5. The van der Waals surface area contributed by atoms with E-state index in [1.807, 2.05) is 48.5 Å². The van der Waals surface area contributed by atoms with Gasteiger partial charge in [0.05, 0.1) is 10.9 Å². The molecule has 1 spiro atoms. The van der Waals surface area contributed by atoms with Gasteiger partial charge in [-0.05, 0) is 72.8 Å². The van der Waals surface area contributed by atoms with Gasteiger partial charge in [0.1, 0.15) is 18.1 Å². The first kappa shape index (κ1) is 26.5. The minimum atomic E-state index is -0.672. The zero-order valence-corrected chi connectivity index (χ0v) is 23.8. The van der Waals surface area contributed by atoms with E-state index in [9.17, 15) is 14.4 Å². The van der Waals surface area contributed by atoms with Gasteiger partial charge in [0.25, 0.3) is 5.91 Å². The van der Waals surface area contributed by atoms with Gasteiger partial charge in [-0.3, -0.25) is 19.3 Å². The lowest BCUT2D eigenvalue weighted by atomic mass is 9.79. The lowest BCUT2D eigenvalue weighted by Crippen LogP contribution is -2.39. The summed E-state index contributed by atoms with van der Waals surface area (Å²) in [5.74, 6) is 0.0175. The molecule has 1 atom stereocenters. The first-order valence-corrected chi connectivity index (χ1v) is 15.1. The summed E-state index contributed by atoms with van der Waals surface area (Å²) < 4.78 is 0. The number of nitrogens with zero attached hydrogens (tertiary/aromatic N) is 4. The number of benzene rings is 2. The molecule has 1 fully saturated rings. The molecule has 3 amide bonds. The molecule has 2 N–H and O–H groups in total. The van der Waals surface area contributed by atoms with E-state index in [-0.39, 0.29) is 24.3 Å². The van der Waals surface area contributed by atoms with Gasteiger partial charge < -0.3 is 15.5 Å². The van der Waals surface area contributed by atoms with Crippen molar-refractivity contribution in [3.05, 3.63) is 105 Å². The number of fused-ring (bicyclic) bond motifs is 3. The largest absolute Gasteiger partial charge is 0.325 e. The van der Waals surface area contributed by atoms with E-state index in [2.05, 4.69) is 31.6 Å². The Morgan fingerprint density at radius 2 is 1.86 bits per heavy atom. The smallest absolute Gasteiger partial charge is 0.274 e. The van der Waals surface area contributed by atoms with E-state index in [0.717, 1.165) is 47.5 Å². The predicted molar refractivity (Wildman–Crippen MR) is 160 cm³/mol. The van der Waals surface area contributed by atoms with Crippen LogP contribution in [0.25, 0.3) is 0 Å². The maximum Gasteiger partial charge on any atom is 0.274 e. The maximum absolute atomic E-state index is 13.5. The number of hydrogen-bond donors (Lipinski definition) is 2. The Bertz CT molecular complexity index is 1690. The van der Waals surface area contributed by atoms with Crippen molar-refractivity contribution in [3.8, 4) is 0 Å². The van der Waals surface area contributed by atoms with Crippen LogP contribution in [0.2, 0.25) is 0 Å². The average Bonchev–Trinajstić information content (AvgIpc) is 3.69. The Hall–Kier alpha value is -4.41. The van der Waals surface area contributed by atoms with Crippen LogP contribution < -0.4 is 10.6 Å². The predicted octanol–water partition coefficient (Wildman–Crippen LogP) is 4.01. The van der Waals surface area contributed by atoms with Gasteiger partial charge in [-0.1, -0.05) is 36.4 Å². The van der Waals surface area contributed by atoms with Crippen molar-refractivity contribution >= 4 is 40.6 Å². The monoisotopic (exact) mass is 578 g/mol. The summed E-state index contributed by atoms with van der Waals surface area (Å²) in [5.41, 5.74) is 7.13. The van der Waals surface area contributed by atoms with Crippen LogP contribution in [0.5, 0.6) is 0 Å². The van der Waals surface area contributed by atoms with Crippen molar-refractivity contribution in [1.29, 1.82) is 0 Å². The van der Waals surface area contributed by atoms with Gasteiger partial charge in [-0.25, -0.2) is 9.97 Å². The average molecular weight is 579 g/mol. The summed E-state index contributed by atoms with van der Waals surface area (Å²) >= 11 is 1.35. The number of aromatic nitrogens is 2. The molecule has 1 saturated heterocycles. The third-order valence-corrected chi connectivity index (χ3v) is 9.15. The van der Waals surface area contributed by atoms with Gasteiger partial charge in [-0.15, -0.1) is 11.3 Å². The van der Waals surface area contributed by atoms with Crippen LogP contribution in [0.3, 0.4) is 0 Å². The Morgan fingerprint density at radius 1 is 1.02 bits per heavy atom. The normalized spacial score (nSPS) is 18.7. The molecular weight excluding hydrogens is 548 g/mol. The molecule has 3 aliphatic rings. The molecule has 2 aromatic carbocycles. The first-order valence-electron chi connectivity index (χ1n) is 14.1. The summed E-state index contributed by atoms with van der Waals surface area (Å²) in [5, 5.41) is 7.63. The van der Waals surface area contributed by atoms with E-state index in [0.29, 0.717) is 36.6 Å². The van der Waals surface area contributed by atoms with Crippen molar-refractivity contribution in [2.75, 3.05) is 30.3 Å². The molecule has 2 aliphatic heterocycles. The van der Waals surface area contributed by atoms with Gasteiger partial charge in [0, 0.05) is 35.9 Å². The highest BCUT2D eigenvalue weighted by molar-refractivity contribution is 7.07. The Morgan fingerprint density at radius 3 is 2.64 bits per heavy atom. The highest BCUT2D eigenvalue weighted by Crippen LogP contribution is 2.46. The van der Waals surface area contributed by atoms with Crippen LogP contribution in [0.4, 0.5) is 11.5 Å². The topological polar surface area (TPSA) is 108 Å². The summed E-state index contributed by atoms with van der Waals surface area (Å²) in [4.78, 5) is 52.4. The molecule has 0 saturated carbocycles. The highest BCUT2D eigenvalue weighted by atomic mass is 32.1. The minimum Gasteiger partial charge on any atom is -0.325 e. The van der Waals surface area contributed by atoms with Crippen LogP contribution in [-0.4, -0.2) is 57.1 Å². The van der Waals surface area contributed by atoms with Crippen LogP contribution in [-0.2, 0) is 40.9 Å². The lowest BCUT2D eigenvalue weighted by Gasteiger charge is -2.32. The van der Waals surface area contributed by atoms with Crippen LogP contribution in [0, 0.1) is 0 Å². The van der Waals surface area contributed by atoms with Crippen LogP contribution in [0.1, 0.15) is 44.7 Å². The fourth-order valence-corrected chi connectivity index (χ4v) is 6.78. The molecule has 212 valence electrons. The highest BCUT2D eigenvalue weighted by Gasteiger charge is 2.51. The van der Waals surface area contributed by atoms with Crippen molar-refractivity contribution in [2.45, 2.75) is 37.8 Å².